The van der Waals surface area contributed by atoms with Crippen LogP contribution in [0.3, 0.4) is 0 Å². The molecule has 2 atom stereocenters. The third kappa shape index (κ3) is 2.98. The van der Waals surface area contributed by atoms with Gasteiger partial charge in [0.1, 0.15) is 12.2 Å². The van der Waals surface area contributed by atoms with Gasteiger partial charge in [-0.05, 0) is 17.7 Å². The molecular weight excluding hydrogens is 251 g/mol. The van der Waals surface area contributed by atoms with Gasteiger partial charge < -0.3 is 15.3 Å². The van der Waals surface area contributed by atoms with Gasteiger partial charge in [-0.25, -0.2) is 0 Å². The van der Waals surface area contributed by atoms with E-state index in [2.05, 4.69) is 0 Å². The largest absolute Gasteiger partial charge is 0.417 e. The van der Waals surface area contributed by atoms with Crippen molar-refractivity contribution < 1.29 is 28.5 Å². The first-order valence-corrected chi connectivity index (χ1v) is 4.89. The summed E-state index contributed by atoms with van der Waals surface area (Å²) < 4.78 is 37.9. The molecule has 0 heterocycles. The minimum atomic E-state index is -4.73. The molecule has 0 amide bonds. The molecule has 0 fully saturated rings. The summed E-state index contributed by atoms with van der Waals surface area (Å²) in [7, 11) is 0. The average Bonchev–Trinajstić information content (AvgIpc) is 2.35. The van der Waals surface area contributed by atoms with E-state index in [4.69, 9.17) is 15.5 Å². The normalized spacial score (nSPS) is 14.9. The summed E-state index contributed by atoms with van der Waals surface area (Å²) in [6, 6.07) is 3.99. The van der Waals surface area contributed by atoms with Gasteiger partial charge in [-0.2, -0.15) is 18.4 Å². The first kappa shape index (κ1) is 14.4. The van der Waals surface area contributed by atoms with Crippen molar-refractivity contribution in [2.75, 3.05) is 6.61 Å². The van der Waals surface area contributed by atoms with Crippen LogP contribution in [0.2, 0.25) is 0 Å². The van der Waals surface area contributed by atoms with Crippen LogP contribution in [0.15, 0.2) is 18.2 Å². The smallest absolute Gasteiger partial charge is 0.394 e. The molecule has 0 aliphatic carbocycles. The number of nitriles is 1. The number of hydrogen-bond acceptors (Lipinski definition) is 4. The molecule has 1 rings (SSSR count). The molecule has 3 N–H and O–H groups in total. The highest BCUT2D eigenvalue weighted by molar-refractivity contribution is 5.42. The summed E-state index contributed by atoms with van der Waals surface area (Å²) >= 11 is 0. The fraction of sp³-hybridized carbons (Fsp3) is 0.364. The Kier molecular flexibility index (Phi) is 4.29. The van der Waals surface area contributed by atoms with Crippen LogP contribution in [0.5, 0.6) is 0 Å². The number of rotatable bonds is 3. The van der Waals surface area contributed by atoms with E-state index in [1.165, 1.54) is 6.07 Å². The fourth-order valence-corrected chi connectivity index (χ4v) is 1.40. The monoisotopic (exact) mass is 261 g/mol. The lowest BCUT2D eigenvalue weighted by Crippen LogP contribution is -2.22. The second-order valence-corrected chi connectivity index (χ2v) is 3.61. The molecule has 0 saturated carbocycles. The maximum Gasteiger partial charge on any atom is 0.417 e. The molecule has 0 aliphatic rings. The second kappa shape index (κ2) is 5.35. The summed E-state index contributed by atoms with van der Waals surface area (Å²) in [5.41, 5.74) is -1.98. The zero-order valence-electron chi connectivity index (χ0n) is 9.02. The summed E-state index contributed by atoms with van der Waals surface area (Å²) in [5.74, 6) is 0. The van der Waals surface area contributed by atoms with Crippen molar-refractivity contribution in [1.29, 1.82) is 5.26 Å². The maximum atomic E-state index is 12.6. The molecule has 1 aromatic carbocycles. The van der Waals surface area contributed by atoms with E-state index >= 15 is 0 Å². The maximum absolute atomic E-state index is 12.6. The molecule has 0 aliphatic heterocycles. The Morgan fingerprint density at radius 1 is 1.28 bits per heavy atom. The Bertz CT molecular complexity index is 468. The Hall–Kier alpha value is -1.62. The van der Waals surface area contributed by atoms with Crippen LogP contribution in [0, 0.1) is 11.3 Å². The van der Waals surface area contributed by atoms with Crippen molar-refractivity contribution in [3.63, 3.8) is 0 Å². The summed E-state index contributed by atoms with van der Waals surface area (Å²) in [4.78, 5) is 0. The molecule has 1 aromatic rings. The molecule has 0 bridgehead atoms. The van der Waals surface area contributed by atoms with Gasteiger partial charge in [0.15, 0.2) is 0 Å². The van der Waals surface area contributed by atoms with E-state index in [-0.39, 0.29) is 5.56 Å². The predicted octanol–water partition coefficient (Wildman–Crippen LogP) is 0.964. The van der Waals surface area contributed by atoms with E-state index in [1.807, 2.05) is 0 Å². The van der Waals surface area contributed by atoms with Crippen molar-refractivity contribution in [2.45, 2.75) is 18.4 Å². The molecule has 18 heavy (non-hydrogen) atoms. The SMILES string of the molecule is N#Cc1ccc(C(O)C(O)CO)cc1C(F)(F)F. The highest BCUT2D eigenvalue weighted by Crippen LogP contribution is 2.33. The number of hydrogen-bond donors (Lipinski definition) is 3. The first-order valence-electron chi connectivity index (χ1n) is 4.89. The van der Waals surface area contributed by atoms with Crippen LogP contribution in [0.25, 0.3) is 0 Å². The quantitative estimate of drug-likeness (QED) is 0.756. The lowest BCUT2D eigenvalue weighted by atomic mass is 9.98. The molecule has 0 saturated heterocycles. The van der Waals surface area contributed by atoms with Gasteiger partial charge in [0.25, 0.3) is 0 Å². The third-order valence-corrected chi connectivity index (χ3v) is 2.36. The Morgan fingerprint density at radius 3 is 2.33 bits per heavy atom. The summed E-state index contributed by atoms with van der Waals surface area (Å²) in [6.07, 6.45) is -7.96. The Balaban J connectivity index is 3.24. The van der Waals surface area contributed by atoms with Crippen molar-refractivity contribution >= 4 is 0 Å². The van der Waals surface area contributed by atoms with E-state index in [0.29, 0.717) is 6.07 Å². The highest BCUT2D eigenvalue weighted by atomic mass is 19.4. The van der Waals surface area contributed by atoms with Crippen LogP contribution >= 0.6 is 0 Å². The van der Waals surface area contributed by atoms with Crippen LogP contribution in [-0.2, 0) is 6.18 Å². The minimum absolute atomic E-state index is 0.220. The number of aliphatic hydroxyl groups excluding tert-OH is 3. The van der Waals surface area contributed by atoms with Gasteiger partial charge in [-0.15, -0.1) is 0 Å². The van der Waals surface area contributed by atoms with Gasteiger partial charge in [-0.1, -0.05) is 6.07 Å². The number of aliphatic hydroxyl groups is 3. The predicted molar refractivity (Wildman–Crippen MR) is 54.2 cm³/mol. The van der Waals surface area contributed by atoms with E-state index < -0.39 is 36.1 Å². The molecule has 98 valence electrons. The topological polar surface area (TPSA) is 84.5 Å². The van der Waals surface area contributed by atoms with Crippen LogP contribution < -0.4 is 0 Å². The molecular formula is C11H10F3NO3. The molecule has 0 radical (unpaired) electrons. The third-order valence-electron chi connectivity index (χ3n) is 2.36. The van der Waals surface area contributed by atoms with Crippen molar-refractivity contribution in [2.24, 2.45) is 0 Å². The van der Waals surface area contributed by atoms with E-state index in [0.717, 1.165) is 12.1 Å². The second-order valence-electron chi connectivity index (χ2n) is 3.61. The zero-order chi connectivity index (χ0) is 13.9. The molecule has 7 heteroatoms. The molecule has 0 aromatic heterocycles. The van der Waals surface area contributed by atoms with Crippen molar-refractivity contribution in [1.82, 2.24) is 0 Å². The number of halogens is 3. The average molecular weight is 261 g/mol. The molecule has 2 unspecified atom stereocenters. The number of nitrogens with zero attached hydrogens (tertiary/aromatic N) is 1. The van der Waals surface area contributed by atoms with Gasteiger partial charge in [-0.3, -0.25) is 0 Å². The fourth-order valence-electron chi connectivity index (χ4n) is 1.40. The van der Waals surface area contributed by atoms with Crippen LogP contribution in [0.1, 0.15) is 22.8 Å². The van der Waals surface area contributed by atoms with Crippen molar-refractivity contribution in [3.8, 4) is 6.07 Å². The summed E-state index contributed by atoms with van der Waals surface area (Å²) in [6.45, 7) is -0.789. The Labute approximate surface area is 101 Å². The first-order chi connectivity index (χ1) is 8.31. The van der Waals surface area contributed by atoms with Gasteiger partial charge in [0.05, 0.1) is 23.8 Å². The van der Waals surface area contributed by atoms with Gasteiger partial charge in [0, 0.05) is 0 Å². The lowest BCUT2D eigenvalue weighted by molar-refractivity contribution is -0.137. The van der Waals surface area contributed by atoms with Crippen molar-refractivity contribution in [3.05, 3.63) is 34.9 Å². The highest BCUT2D eigenvalue weighted by Gasteiger charge is 2.34. The summed E-state index contributed by atoms with van der Waals surface area (Å²) in [5, 5.41) is 35.8. The van der Waals surface area contributed by atoms with Crippen LogP contribution in [-0.4, -0.2) is 28.0 Å². The van der Waals surface area contributed by atoms with E-state index in [9.17, 15) is 18.3 Å². The zero-order valence-corrected chi connectivity index (χ0v) is 9.02. The number of alkyl halides is 3. The molecule has 4 nitrogen and oxygen atoms in total. The minimum Gasteiger partial charge on any atom is -0.394 e. The molecule has 0 spiro atoms. The van der Waals surface area contributed by atoms with Crippen LogP contribution in [0.4, 0.5) is 13.2 Å². The Morgan fingerprint density at radius 2 is 1.89 bits per heavy atom. The lowest BCUT2D eigenvalue weighted by Gasteiger charge is -2.18. The van der Waals surface area contributed by atoms with Gasteiger partial charge in [0.2, 0.25) is 0 Å². The number of benzene rings is 1. The standard InChI is InChI=1S/C11H10F3NO3/c12-11(13,14)8-3-6(1-2-7(8)4-15)10(18)9(17)5-16/h1-3,9-10,16-18H,5H2. The van der Waals surface area contributed by atoms with E-state index in [1.54, 1.807) is 0 Å². The van der Waals surface area contributed by atoms with Gasteiger partial charge >= 0.3 is 6.18 Å².